The number of benzene rings is 1. The normalized spacial score (nSPS) is 19.1. The third-order valence-electron chi connectivity index (χ3n) is 3.26. The molecule has 0 aromatic heterocycles. The fraction of sp³-hybridized carbons (Fsp3) is 0.308. The van der Waals surface area contributed by atoms with Crippen molar-refractivity contribution in [1.82, 2.24) is 0 Å². The second-order valence-electron chi connectivity index (χ2n) is 4.41. The van der Waals surface area contributed by atoms with Gasteiger partial charge in [0.15, 0.2) is 0 Å². The van der Waals surface area contributed by atoms with E-state index in [4.69, 9.17) is 5.73 Å². The topological polar surface area (TPSA) is 86.2 Å². The number of non-ortho nitro benzene ring substituents is 1. The number of hydrogen-bond donors (Lipinski definition) is 1. The molecule has 5 nitrogen and oxygen atoms in total. The Hall–Kier alpha value is -2.17. The molecule has 0 saturated heterocycles. The number of nitrogens with zero attached hydrogens (tertiary/aromatic N) is 1. The quantitative estimate of drug-likeness (QED) is 0.655. The van der Waals surface area contributed by atoms with Crippen LogP contribution in [0.5, 0.6) is 0 Å². The van der Waals surface area contributed by atoms with Gasteiger partial charge in [-0.15, -0.1) is 0 Å². The number of allylic oxidation sites excluding steroid dienone is 2. The van der Waals surface area contributed by atoms with Gasteiger partial charge < -0.3 is 5.73 Å². The molecule has 0 radical (unpaired) electrons. The maximum absolute atomic E-state index is 11.0. The summed E-state index contributed by atoms with van der Waals surface area (Å²) in [6.07, 6.45) is 4.19. The first kappa shape index (κ1) is 12.3. The standard InChI is InChI=1S/C13H14N2O3/c14-13(16)11-3-1-9(2-4-11)10-5-7-12(8-6-10)15(17)18/h1,5-8,11H,2-4H2,(H2,14,16). The van der Waals surface area contributed by atoms with Crippen LogP contribution in [-0.4, -0.2) is 10.8 Å². The van der Waals surface area contributed by atoms with Crippen LogP contribution in [0.1, 0.15) is 24.8 Å². The largest absolute Gasteiger partial charge is 0.369 e. The number of amides is 1. The number of carbonyl (C=O) groups excluding carboxylic acids is 1. The fourth-order valence-electron chi connectivity index (χ4n) is 2.15. The van der Waals surface area contributed by atoms with Crippen LogP contribution in [-0.2, 0) is 4.79 Å². The van der Waals surface area contributed by atoms with Crippen LogP contribution in [0.15, 0.2) is 30.3 Å². The average Bonchev–Trinajstić information content (AvgIpc) is 2.39. The highest BCUT2D eigenvalue weighted by atomic mass is 16.6. The van der Waals surface area contributed by atoms with Crippen LogP contribution in [0.3, 0.4) is 0 Å². The molecule has 2 rings (SSSR count). The SMILES string of the molecule is NC(=O)C1CC=C(c2ccc([N+](=O)[O-])cc2)CC1. The summed E-state index contributed by atoms with van der Waals surface area (Å²) in [7, 11) is 0. The molecule has 94 valence electrons. The first-order chi connectivity index (χ1) is 8.58. The Labute approximate surface area is 104 Å². The molecular weight excluding hydrogens is 232 g/mol. The van der Waals surface area contributed by atoms with Gasteiger partial charge in [0, 0.05) is 18.1 Å². The monoisotopic (exact) mass is 246 g/mol. The molecule has 0 saturated carbocycles. The maximum atomic E-state index is 11.0. The van der Waals surface area contributed by atoms with Gasteiger partial charge in [-0.3, -0.25) is 14.9 Å². The van der Waals surface area contributed by atoms with Gasteiger partial charge in [0.1, 0.15) is 0 Å². The lowest BCUT2D eigenvalue weighted by Crippen LogP contribution is -2.24. The third kappa shape index (κ3) is 2.56. The minimum atomic E-state index is -0.415. The van der Waals surface area contributed by atoms with E-state index in [-0.39, 0.29) is 17.5 Å². The molecule has 18 heavy (non-hydrogen) atoms. The van der Waals surface area contributed by atoms with Crippen LogP contribution in [0.2, 0.25) is 0 Å². The van der Waals surface area contributed by atoms with E-state index in [0.29, 0.717) is 6.42 Å². The van der Waals surface area contributed by atoms with Gasteiger partial charge in [-0.2, -0.15) is 0 Å². The number of nitrogens with two attached hydrogens (primary N) is 1. The summed E-state index contributed by atoms with van der Waals surface area (Å²) in [5.74, 6) is -0.333. The van der Waals surface area contributed by atoms with Gasteiger partial charge in [0.2, 0.25) is 5.91 Å². The van der Waals surface area contributed by atoms with Crippen LogP contribution in [0.4, 0.5) is 5.69 Å². The summed E-state index contributed by atoms with van der Waals surface area (Å²) in [6, 6.07) is 6.48. The number of nitro groups is 1. The summed E-state index contributed by atoms with van der Waals surface area (Å²) in [5, 5.41) is 10.5. The van der Waals surface area contributed by atoms with Crippen molar-refractivity contribution >= 4 is 17.2 Å². The summed E-state index contributed by atoms with van der Waals surface area (Å²) >= 11 is 0. The molecule has 1 amide bonds. The molecule has 0 aliphatic heterocycles. The molecule has 0 bridgehead atoms. The van der Waals surface area contributed by atoms with Gasteiger partial charge >= 0.3 is 0 Å². The Morgan fingerprint density at radius 3 is 2.44 bits per heavy atom. The summed E-state index contributed by atoms with van der Waals surface area (Å²) < 4.78 is 0. The van der Waals surface area contributed by atoms with Gasteiger partial charge in [-0.1, -0.05) is 6.08 Å². The van der Waals surface area contributed by atoms with E-state index >= 15 is 0 Å². The molecule has 0 heterocycles. The second-order valence-corrected chi connectivity index (χ2v) is 4.41. The molecule has 0 spiro atoms. The van der Waals surface area contributed by atoms with Gasteiger partial charge in [-0.05, 0) is 42.5 Å². The van der Waals surface area contributed by atoms with Crippen LogP contribution < -0.4 is 5.73 Å². The Morgan fingerprint density at radius 1 is 1.33 bits per heavy atom. The van der Waals surface area contributed by atoms with Crippen LogP contribution in [0.25, 0.3) is 5.57 Å². The molecule has 1 aromatic carbocycles. The number of rotatable bonds is 3. The summed E-state index contributed by atoms with van der Waals surface area (Å²) in [4.78, 5) is 21.2. The zero-order valence-corrected chi connectivity index (χ0v) is 9.83. The van der Waals surface area contributed by atoms with Crippen molar-refractivity contribution in [3.05, 3.63) is 46.0 Å². The average molecular weight is 246 g/mol. The minimum absolute atomic E-state index is 0.0770. The van der Waals surface area contributed by atoms with Crippen LogP contribution >= 0.6 is 0 Å². The molecule has 1 aliphatic rings. The highest BCUT2D eigenvalue weighted by Gasteiger charge is 2.19. The van der Waals surface area contributed by atoms with E-state index in [2.05, 4.69) is 0 Å². The zero-order valence-electron chi connectivity index (χ0n) is 9.83. The lowest BCUT2D eigenvalue weighted by molar-refractivity contribution is -0.384. The number of nitro benzene ring substituents is 1. The molecule has 1 aromatic rings. The van der Waals surface area contributed by atoms with Gasteiger partial charge in [-0.25, -0.2) is 0 Å². The van der Waals surface area contributed by atoms with Gasteiger partial charge in [0.05, 0.1) is 4.92 Å². The first-order valence-electron chi connectivity index (χ1n) is 5.81. The number of hydrogen-bond acceptors (Lipinski definition) is 3. The lowest BCUT2D eigenvalue weighted by Gasteiger charge is -2.19. The highest BCUT2D eigenvalue weighted by Crippen LogP contribution is 2.30. The predicted molar refractivity (Wildman–Crippen MR) is 67.6 cm³/mol. The Morgan fingerprint density at radius 2 is 2.00 bits per heavy atom. The number of carbonyl (C=O) groups is 1. The Balaban J connectivity index is 2.13. The van der Waals surface area contributed by atoms with E-state index in [9.17, 15) is 14.9 Å². The molecular formula is C13H14N2O3. The molecule has 0 fully saturated rings. The zero-order chi connectivity index (χ0) is 13.1. The number of primary amides is 1. The molecule has 1 atom stereocenters. The third-order valence-corrected chi connectivity index (χ3v) is 3.26. The van der Waals surface area contributed by atoms with Crippen molar-refractivity contribution < 1.29 is 9.72 Å². The molecule has 2 N–H and O–H groups in total. The van der Waals surface area contributed by atoms with Crippen molar-refractivity contribution in [3.8, 4) is 0 Å². The van der Waals surface area contributed by atoms with Crippen molar-refractivity contribution in [3.63, 3.8) is 0 Å². The van der Waals surface area contributed by atoms with Gasteiger partial charge in [0.25, 0.3) is 5.69 Å². The van der Waals surface area contributed by atoms with Crippen LogP contribution in [0, 0.1) is 16.0 Å². The Kier molecular flexibility index (Phi) is 3.41. The summed E-state index contributed by atoms with van der Waals surface area (Å²) in [6.45, 7) is 0. The second kappa shape index (κ2) is 5.00. The van der Waals surface area contributed by atoms with E-state index in [1.54, 1.807) is 12.1 Å². The van der Waals surface area contributed by atoms with Crippen molar-refractivity contribution in [2.75, 3.05) is 0 Å². The highest BCUT2D eigenvalue weighted by molar-refractivity contribution is 5.79. The fourth-order valence-corrected chi connectivity index (χ4v) is 2.15. The first-order valence-corrected chi connectivity index (χ1v) is 5.81. The molecule has 1 aliphatic carbocycles. The summed E-state index contributed by atoms with van der Waals surface area (Å²) in [5.41, 5.74) is 7.45. The molecule has 5 heteroatoms. The predicted octanol–water partition coefficient (Wildman–Crippen LogP) is 2.26. The lowest BCUT2D eigenvalue weighted by atomic mass is 9.86. The van der Waals surface area contributed by atoms with E-state index in [1.165, 1.54) is 12.1 Å². The smallest absolute Gasteiger partial charge is 0.269 e. The van der Waals surface area contributed by atoms with E-state index < -0.39 is 4.92 Å². The maximum Gasteiger partial charge on any atom is 0.269 e. The van der Waals surface area contributed by atoms with Crippen molar-refractivity contribution in [1.29, 1.82) is 0 Å². The van der Waals surface area contributed by atoms with E-state index in [0.717, 1.165) is 24.0 Å². The van der Waals surface area contributed by atoms with E-state index in [1.807, 2.05) is 6.08 Å². The van der Waals surface area contributed by atoms with Crippen molar-refractivity contribution in [2.45, 2.75) is 19.3 Å². The Bertz CT molecular complexity index is 505. The minimum Gasteiger partial charge on any atom is -0.369 e. The van der Waals surface area contributed by atoms with Crippen molar-refractivity contribution in [2.24, 2.45) is 11.7 Å². The molecule has 1 unspecified atom stereocenters.